The maximum atomic E-state index is 7.40. The lowest BCUT2D eigenvalue weighted by Gasteiger charge is -1.97. The van der Waals surface area contributed by atoms with Gasteiger partial charge in [0.1, 0.15) is 0 Å². The number of hydrogen-bond acceptors (Lipinski definition) is 0. The Bertz CT molecular complexity index is 255. The van der Waals surface area contributed by atoms with E-state index in [1.54, 1.807) is 0 Å². The zero-order valence-electron chi connectivity index (χ0n) is 7.39. The second-order valence-corrected chi connectivity index (χ2v) is 2.24. The normalized spacial score (nSPS) is 14.0. The van der Waals surface area contributed by atoms with Gasteiger partial charge in [0.25, 0.3) is 0 Å². The lowest BCUT2D eigenvalue weighted by atomic mass is 10.1. The Kier molecular flexibility index (Phi) is 1.84. The number of hydrogen-bond donors (Lipinski definition) is 0. The van der Waals surface area contributed by atoms with Gasteiger partial charge in [-0.3, -0.25) is 0 Å². The zero-order chi connectivity index (χ0) is 8.27. The van der Waals surface area contributed by atoms with Gasteiger partial charge in [-0.15, -0.1) is 0 Å². The van der Waals surface area contributed by atoms with Gasteiger partial charge in [0.15, 0.2) is 0 Å². The molecule has 0 heteroatoms. The van der Waals surface area contributed by atoms with Gasteiger partial charge >= 0.3 is 0 Å². The van der Waals surface area contributed by atoms with Crippen LogP contribution in [0.4, 0.5) is 0 Å². The third kappa shape index (κ3) is 1.47. The van der Waals surface area contributed by atoms with Crippen LogP contribution >= 0.6 is 0 Å². The van der Waals surface area contributed by atoms with E-state index >= 15 is 0 Å². The first-order valence-corrected chi connectivity index (χ1v) is 3.41. The van der Waals surface area contributed by atoms with Crippen LogP contribution in [0.3, 0.4) is 0 Å². The minimum absolute atomic E-state index is 0.635. The molecule has 0 aliphatic heterocycles. The van der Waals surface area contributed by atoms with Crippen molar-refractivity contribution in [3.63, 3.8) is 0 Å². The molecule has 0 atom stereocenters. The van der Waals surface area contributed by atoms with Crippen LogP contribution in [-0.2, 0) is 0 Å². The van der Waals surface area contributed by atoms with Crippen molar-refractivity contribution in [1.29, 1.82) is 0 Å². The van der Waals surface area contributed by atoms with Crippen molar-refractivity contribution >= 4 is 5.57 Å². The molecular weight excluding hydrogens is 120 g/mol. The molecule has 0 bridgehead atoms. The molecule has 0 unspecified atom stereocenters. The highest BCUT2D eigenvalue weighted by atomic mass is 13.9. The summed E-state index contributed by atoms with van der Waals surface area (Å²) in [7, 11) is 0. The third-order valence-corrected chi connectivity index (χ3v) is 1.58. The van der Waals surface area contributed by atoms with Gasteiger partial charge in [0.2, 0.25) is 0 Å². The topological polar surface area (TPSA) is 0 Å². The molecule has 0 fully saturated rings. The van der Waals surface area contributed by atoms with E-state index in [0.29, 0.717) is 6.05 Å². The molecule has 0 saturated heterocycles. The second kappa shape index (κ2) is 3.21. The first-order chi connectivity index (χ1) is 5.22. The summed E-state index contributed by atoms with van der Waals surface area (Å²) >= 11 is 0. The van der Waals surface area contributed by atoms with E-state index in [4.69, 9.17) is 1.37 Å². The Balaban J connectivity index is 3.04. The molecule has 0 spiro atoms. The third-order valence-electron chi connectivity index (χ3n) is 1.58. The number of rotatable bonds is 1. The molecule has 0 heterocycles. The molecular formula is C10H12. The molecule has 10 heavy (non-hydrogen) atoms. The molecule has 0 aliphatic rings. The highest BCUT2D eigenvalue weighted by molar-refractivity contribution is 5.62. The largest absolute Gasteiger partial charge is 0.0841 e. The fourth-order valence-corrected chi connectivity index (χ4v) is 0.832. The summed E-state index contributed by atoms with van der Waals surface area (Å²) in [6, 6.07) is 10.6. The SMILES string of the molecule is [2H]C(C)=C(C)c1ccccc1. The predicted octanol–water partition coefficient (Wildman–Crippen LogP) is 3.11. The van der Waals surface area contributed by atoms with E-state index in [2.05, 4.69) is 0 Å². The summed E-state index contributed by atoms with van der Waals surface area (Å²) in [5, 5.41) is 0. The molecule has 0 saturated carbocycles. The van der Waals surface area contributed by atoms with Gasteiger partial charge in [-0.25, -0.2) is 0 Å². The number of benzene rings is 1. The van der Waals surface area contributed by atoms with Crippen LogP contribution in [0.5, 0.6) is 0 Å². The fraction of sp³-hybridized carbons (Fsp3) is 0.200. The average Bonchev–Trinajstić information content (AvgIpc) is 2.05. The van der Waals surface area contributed by atoms with E-state index in [1.807, 2.05) is 44.2 Å². The van der Waals surface area contributed by atoms with Crippen LogP contribution in [0.25, 0.3) is 5.57 Å². The fourth-order valence-electron chi connectivity index (χ4n) is 0.832. The molecule has 0 amide bonds. The van der Waals surface area contributed by atoms with E-state index < -0.39 is 0 Å². The summed E-state index contributed by atoms with van der Waals surface area (Å²) < 4.78 is 7.40. The monoisotopic (exact) mass is 133 g/mol. The van der Waals surface area contributed by atoms with Gasteiger partial charge in [0.05, 0.1) is 1.37 Å². The molecule has 0 aliphatic carbocycles. The molecule has 1 aromatic rings. The van der Waals surface area contributed by atoms with E-state index in [0.717, 1.165) is 11.1 Å². The van der Waals surface area contributed by atoms with Crippen LogP contribution in [0.2, 0.25) is 0 Å². The Morgan fingerprint density at radius 2 is 2.00 bits per heavy atom. The van der Waals surface area contributed by atoms with Crippen molar-refractivity contribution in [2.24, 2.45) is 0 Å². The van der Waals surface area contributed by atoms with E-state index in [9.17, 15) is 0 Å². The maximum Gasteiger partial charge on any atom is 0.0576 e. The lowest BCUT2D eigenvalue weighted by molar-refractivity contribution is 1.54. The summed E-state index contributed by atoms with van der Waals surface area (Å²) in [4.78, 5) is 0. The smallest absolute Gasteiger partial charge is 0.0576 e. The standard InChI is InChI=1S/C10H12/c1-3-9(2)10-7-5-4-6-8-10/h3-8H,1-2H3/i3D. The molecule has 0 radical (unpaired) electrons. The van der Waals surface area contributed by atoms with Crippen molar-refractivity contribution in [3.8, 4) is 0 Å². The predicted molar refractivity (Wildman–Crippen MR) is 45.8 cm³/mol. The van der Waals surface area contributed by atoms with E-state index in [1.165, 1.54) is 0 Å². The molecule has 1 aromatic carbocycles. The second-order valence-electron chi connectivity index (χ2n) is 2.24. The Labute approximate surface area is 63.6 Å². The van der Waals surface area contributed by atoms with Crippen molar-refractivity contribution < 1.29 is 1.37 Å². The molecule has 0 aromatic heterocycles. The summed E-state index contributed by atoms with van der Waals surface area (Å²) in [6.45, 7) is 3.78. The Hall–Kier alpha value is -1.04. The van der Waals surface area contributed by atoms with Crippen LogP contribution in [0.15, 0.2) is 36.4 Å². The molecule has 0 N–H and O–H groups in total. The quantitative estimate of drug-likeness (QED) is 0.552. The molecule has 1 rings (SSSR count). The number of allylic oxidation sites excluding steroid dienone is 2. The summed E-state index contributed by atoms with van der Waals surface area (Å²) in [5.74, 6) is 0. The van der Waals surface area contributed by atoms with Gasteiger partial charge in [-0.1, -0.05) is 36.4 Å². The van der Waals surface area contributed by atoms with Crippen molar-refractivity contribution in [2.45, 2.75) is 13.8 Å². The zero-order valence-corrected chi connectivity index (χ0v) is 6.39. The lowest BCUT2D eigenvalue weighted by Crippen LogP contribution is -1.75. The van der Waals surface area contributed by atoms with Crippen LogP contribution in [0, 0.1) is 0 Å². The average molecular weight is 133 g/mol. The van der Waals surface area contributed by atoms with Crippen molar-refractivity contribution in [1.82, 2.24) is 0 Å². The summed E-state index contributed by atoms with van der Waals surface area (Å²) in [6.07, 6.45) is 0. The van der Waals surface area contributed by atoms with Crippen LogP contribution < -0.4 is 0 Å². The van der Waals surface area contributed by atoms with Gasteiger partial charge in [-0.2, -0.15) is 0 Å². The highest BCUT2D eigenvalue weighted by Gasteiger charge is 1.88. The Morgan fingerprint density at radius 3 is 2.50 bits per heavy atom. The molecule has 0 nitrogen and oxygen atoms in total. The first-order valence-electron chi connectivity index (χ1n) is 3.91. The minimum Gasteiger partial charge on any atom is -0.0841 e. The highest BCUT2D eigenvalue weighted by Crippen LogP contribution is 2.11. The van der Waals surface area contributed by atoms with Crippen LogP contribution in [-0.4, -0.2) is 0 Å². The van der Waals surface area contributed by atoms with Gasteiger partial charge in [-0.05, 0) is 25.0 Å². The first kappa shape index (κ1) is 5.72. The van der Waals surface area contributed by atoms with Gasteiger partial charge in [0, 0.05) is 0 Å². The Morgan fingerprint density at radius 1 is 1.40 bits per heavy atom. The van der Waals surface area contributed by atoms with Crippen LogP contribution in [0.1, 0.15) is 20.8 Å². The molecule has 52 valence electrons. The van der Waals surface area contributed by atoms with Crippen molar-refractivity contribution in [2.75, 3.05) is 0 Å². The van der Waals surface area contributed by atoms with E-state index in [-0.39, 0.29) is 0 Å². The summed E-state index contributed by atoms with van der Waals surface area (Å²) in [5.41, 5.74) is 2.19. The van der Waals surface area contributed by atoms with Crippen molar-refractivity contribution in [3.05, 3.63) is 41.9 Å². The minimum atomic E-state index is 0.635. The maximum absolute atomic E-state index is 7.40. The van der Waals surface area contributed by atoms with Gasteiger partial charge < -0.3 is 0 Å².